The Bertz CT molecular complexity index is 130. The minimum Gasteiger partial charge on any atom is -0.293 e. The first-order valence-corrected chi connectivity index (χ1v) is 2.48. The molecule has 0 radical (unpaired) electrons. The van der Waals surface area contributed by atoms with Crippen LogP contribution in [0.15, 0.2) is 12.2 Å². The van der Waals surface area contributed by atoms with Gasteiger partial charge in [0.1, 0.15) is 0 Å². The molecular weight excluding hydrogens is 104 g/mol. The first-order valence-electron chi connectivity index (χ1n) is 2.48. The molecule has 3 nitrogen and oxygen atoms in total. The molecule has 0 unspecified atom stereocenters. The zero-order valence-electron chi connectivity index (χ0n) is 4.50. The molecule has 0 aromatic heterocycles. The molecule has 0 fully saturated rings. The number of hydrogen-bond acceptors (Lipinski definition) is 3. The largest absolute Gasteiger partial charge is 0.293 e. The van der Waals surface area contributed by atoms with Crippen LogP contribution in [0.1, 0.15) is 0 Å². The Kier molecular flexibility index (Phi) is 1.41. The molecule has 3 heteroatoms. The highest BCUT2D eigenvalue weighted by molar-refractivity contribution is 5.92. The summed E-state index contributed by atoms with van der Waals surface area (Å²) in [6, 6.07) is 0. The van der Waals surface area contributed by atoms with Crippen molar-refractivity contribution in [2.45, 2.75) is 0 Å². The zero-order valence-corrected chi connectivity index (χ0v) is 4.50. The summed E-state index contributed by atoms with van der Waals surface area (Å²) in [7, 11) is 0. The molecule has 0 atom stereocenters. The van der Waals surface area contributed by atoms with E-state index in [0.717, 1.165) is 0 Å². The predicted octanol–water partition coefficient (Wildman–Crippen LogP) is -0.699. The average molecular weight is 112 g/mol. The molecule has 44 valence electrons. The Labute approximate surface area is 47.7 Å². The fourth-order valence-corrected chi connectivity index (χ4v) is 0.637. The van der Waals surface area contributed by atoms with Crippen molar-refractivity contribution in [3.63, 3.8) is 0 Å². The maximum atomic E-state index is 10.5. The van der Waals surface area contributed by atoms with Gasteiger partial charge in [0.2, 0.25) is 0 Å². The maximum absolute atomic E-state index is 10.5. The van der Waals surface area contributed by atoms with E-state index in [-0.39, 0.29) is 5.78 Å². The molecule has 0 saturated carbocycles. The van der Waals surface area contributed by atoms with Crippen LogP contribution in [0.2, 0.25) is 0 Å². The van der Waals surface area contributed by atoms with Crippen LogP contribution in [0, 0.1) is 0 Å². The summed E-state index contributed by atoms with van der Waals surface area (Å²) in [5, 5.41) is 1.47. The third-order valence-electron chi connectivity index (χ3n) is 1.00. The van der Waals surface area contributed by atoms with E-state index in [4.69, 9.17) is 5.84 Å². The lowest BCUT2D eigenvalue weighted by molar-refractivity contribution is -0.116. The smallest absolute Gasteiger partial charge is 0.170 e. The maximum Gasteiger partial charge on any atom is 0.170 e. The van der Waals surface area contributed by atoms with Gasteiger partial charge in [0.15, 0.2) is 5.78 Å². The van der Waals surface area contributed by atoms with Gasteiger partial charge in [-0.1, -0.05) is 6.08 Å². The molecule has 1 heterocycles. The van der Waals surface area contributed by atoms with Gasteiger partial charge in [0, 0.05) is 6.54 Å². The molecule has 0 saturated heterocycles. The number of rotatable bonds is 0. The lowest BCUT2D eigenvalue weighted by Gasteiger charge is -2.14. The Morgan fingerprint density at radius 2 is 2.50 bits per heavy atom. The first-order chi connectivity index (χ1) is 3.79. The van der Waals surface area contributed by atoms with E-state index in [2.05, 4.69) is 0 Å². The summed E-state index contributed by atoms with van der Waals surface area (Å²) in [5.41, 5.74) is 0. The number of hydrogen-bond donors (Lipinski definition) is 1. The van der Waals surface area contributed by atoms with Crippen molar-refractivity contribution in [1.29, 1.82) is 0 Å². The third-order valence-corrected chi connectivity index (χ3v) is 1.00. The number of carbonyl (C=O) groups excluding carboxylic acids is 1. The van der Waals surface area contributed by atoms with Gasteiger partial charge in [0.05, 0.1) is 6.54 Å². The molecule has 2 N–H and O–H groups in total. The van der Waals surface area contributed by atoms with Crippen LogP contribution in [0.4, 0.5) is 0 Å². The van der Waals surface area contributed by atoms with Gasteiger partial charge < -0.3 is 0 Å². The van der Waals surface area contributed by atoms with Crippen LogP contribution in [0.5, 0.6) is 0 Å². The Hall–Kier alpha value is -0.670. The van der Waals surface area contributed by atoms with Crippen molar-refractivity contribution in [3.8, 4) is 0 Å². The van der Waals surface area contributed by atoms with Crippen molar-refractivity contribution in [1.82, 2.24) is 5.01 Å². The van der Waals surface area contributed by atoms with Gasteiger partial charge in [-0.05, 0) is 6.08 Å². The van der Waals surface area contributed by atoms with Gasteiger partial charge in [-0.15, -0.1) is 0 Å². The molecule has 1 aliphatic heterocycles. The number of ketones is 1. The van der Waals surface area contributed by atoms with Gasteiger partial charge in [-0.2, -0.15) is 0 Å². The normalized spacial score (nSPS) is 21.9. The minimum atomic E-state index is 0.0822. The Morgan fingerprint density at radius 1 is 1.75 bits per heavy atom. The standard InChI is InChI=1S/C5H8N2O/c6-7-3-1-2-5(8)4-7/h1-2H,3-4,6H2. The number of carbonyl (C=O) groups is 1. The second kappa shape index (κ2) is 2.07. The summed E-state index contributed by atoms with van der Waals surface area (Å²) >= 11 is 0. The number of nitrogens with zero attached hydrogens (tertiary/aromatic N) is 1. The molecule has 0 amide bonds. The fourth-order valence-electron chi connectivity index (χ4n) is 0.637. The molecule has 0 bridgehead atoms. The monoisotopic (exact) mass is 112 g/mol. The first kappa shape index (κ1) is 5.47. The van der Waals surface area contributed by atoms with E-state index >= 15 is 0 Å². The van der Waals surface area contributed by atoms with Crippen molar-refractivity contribution >= 4 is 5.78 Å². The van der Waals surface area contributed by atoms with Crippen LogP contribution in [-0.4, -0.2) is 23.9 Å². The van der Waals surface area contributed by atoms with Crippen molar-refractivity contribution < 1.29 is 4.79 Å². The average Bonchev–Trinajstić information content (AvgIpc) is 1.64. The quantitative estimate of drug-likeness (QED) is 0.421. The van der Waals surface area contributed by atoms with E-state index in [0.29, 0.717) is 13.1 Å². The van der Waals surface area contributed by atoms with Crippen molar-refractivity contribution in [2.24, 2.45) is 5.84 Å². The summed E-state index contributed by atoms with van der Waals surface area (Å²) in [4.78, 5) is 10.5. The lowest BCUT2D eigenvalue weighted by atomic mass is 10.3. The Balaban J connectivity index is 2.54. The minimum absolute atomic E-state index is 0.0822. The Morgan fingerprint density at radius 3 is 2.88 bits per heavy atom. The topological polar surface area (TPSA) is 46.3 Å². The fraction of sp³-hybridized carbons (Fsp3) is 0.400. The van der Waals surface area contributed by atoms with Crippen LogP contribution >= 0.6 is 0 Å². The number of nitrogens with two attached hydrogens (primary N) is 1. The summed E-state index contributed by atoms with van der Waals surface area (Å²) in [6.07, 6.45) is 3.31. The molecule has 0 spiro atoms. The third kappa shape index (κ3) is 1.15. The highest BCUT2D eigenvalue weighted by Crippen LogP contribution is 1.89. The molecule has 8 heavy (non-hydrogen) atoms. The van der Waals surface area contributed by atoms with Crippen molar-refractivity contribution in [3.05, 3.63) is 12.2 Å². The van der Waals surface area contributed by atoms with Gasteiger partial charge >= 0.3 is 0 Å². The SMILES string of the molecule is NN1CC=CC(=O)C1. The second-order valence-electron chi connectivity index (χ2n) is 1.80. The van der Waals surface area contributed by atoms with Crippen LogP contribution < -0.4 is 5.84 Å². The highest BCUT2D eigenvalue weighted by atomic mass is 16.1. The van der Waals surface area contributed by atoms with Crippen LogP contribution in [-0.2, 0) is 4.79 Å². The van der Waals surface area contributed by atoms with Crippen LogP contribution in [0.3, 0.4) is 0 Å². The summed E-state index contributed by atoms with van der Waals surface area (Å²) < 4.78 is 0. The van der Waals surface area contributed by atoms with Gasteiger partial charge in [-0.25, -0.2) is 5.01 Å². The highest BCUT2D eigenvalue weighted by Gasteiger charge is 2.05. The molecule has 0 aromatic rings. The van der Waals surface area contributed by atoms with E-state index in [9.17, 15) is 4.79 Å². The zero-order chi connectivity index (χ0) is 5.98. The molecular formula is C5H8N2O. The van der Waals surface area contributed by atoms with E-state index in [1.165, 1.54) is 5.01 Å². The van der Waals surface area contributed by atoms with Crippen LogP contribution in [0.25, 0.3) is 0 Å². The second-order valence-corrected chi connectivity index (χ2v) is 1.80. The molecule has 0 aromatic carbocycles. The summed E-state index contributed by atoms with van der Waals surface area (Å²) in [5.74, 6) is 5.37. The predicted molar refractivity (Wildman–Crippen MR) is 29.9 cm³/mol. The van der Waals surface area contributed by atoms with E-state index in [1.54, 1.807) is 12.2 Å². The molecule has 0 aliphatic carbocycles. The van der Waals surface area contributed by atoms with E-state index < -0.39 is 0 Å². The van der Waals surface area contributed by atoms with E-state index in [1.807, 2.05) is 0 Å². The van der Waals surface area contributed by atoms with Gasteiger partial charge in [0.25, 0.3) is 0 Å². The lowest BCUT2D eigenvalue weighted by Crippen LogP contribution is -2.37. The van der Waals surface area contributed by atoms with Gasteiger partial charge in [-0.3, -0.25) is 10.6 Å². The molecule has 1 aliphatic rings. The molecule has 1 rings (SSSR count). The number of hydrazine groups is 1. The summed E-state index contributed by atoms with van der Waals surface area (Å²) in [6.45, 7) is 1.04. The van der Waals surface area contributed by atoms with Crippen molar-refractivity contribution in [2.75, 3.05) is 13.1 Å².